The molecule has 4 fully saturated rings. The number of nitrogens with two attached hydrogens (primary N) is 2. The van der Waals surface area contributed by atoms with Crippen LogP contribution >= 0.6 is 0 Å². The molecular weight excluding hydrogens is 626 g/mol. The van der Waals surface area contributed by atoms with Crippen LogP contribution in [0.5, 0.6) is 0 Å². The Morgan fingerprint density at radius 2 is 1.56 bits per heavy atom. The molecule has 0 heterocycles. The Kier molecular flexibility index (Phi) is 16.6. The van der Waals surface area contributed by atoms with Crippen LogP contribution in [0.4, 0.5) is 4.79 Å². The minimum absolute atomic E-state index is 0.113. The van der Waals surface area contributed by atoms with Gasteiger partial charge in [0.1, 0.15) is 12.3 Å². The van der Waals surface area contributed by atoms with Crippen molar-refractivity contribution in [3.8, 4) is 0 Å². The zero-order valence-corrected chi connectivity index (χ0v) is 32.8. The molecule has 0 aliphatic heterocycles. The largest absolute Gasteiger partial charge is 0.446 e. The third-order valence-corrected chi connectivity index (χ3v) is 14.6. The maximum Gasteiger partial charge on any atom is 0.407 e. The number of fused-ring (bicyclic) bond motifs is 5. The van der Waals surface area contributed by atoms with Gasteiger partial charge in [-0.25, -0.2) is 4.79 Å². The fourth-order valence-corrected chi connectivity index (χ4v) is 11.7. The molecule has 0 spiro atoms. The minimum atomic E-state index is -1.01. The zero-order chi connectivity index (χ0) is 36.3. The van der Waals surface area contributed by atoms with Gasteiger partial charge in [-0.1, -0.05) is 53.9 Å². The van der Waals surface area contributed by atoms with Gasteiger partial charge in [0.2, 0.25) is 0 Å². The van der Waals surface area contributed by atoms with Crippen molar-refractivity contribution in [3.05, 3.63) is 0 Å². The fourth-order valence-electron chi connectivity index (χ4n) is 11.7. The number of hydrogen-bond acceptors (Lipinski definition) is 8. The van der Waals surface area contributed by atoms with Crippen LogP contribution in [0.25, 0.3) is 0 Å². The van der Waals surface area contributed by atoms with E-state index in [2.05, 4.69) is 45.3 Å². The number of aliphatic hydroxyl groups excluding tert-OH is 2. The van der Waals surface area contributed by atoms with Gasteiger partial charge in [-0.3, -0.25) is 4.90 Å². The fraction of sp³-hybridized carbons (Fsp3) is 0.976. The predicted octanol–water partition coefficient (Wildman–Crippen LogP) is 6.25. The minimum Gasteiger partial charge on any atom is -0.446 e. The van der Waals surface area contributed by atoms with Gasteiger partial charge in [-0.05, 0) is 162 Å². The molecule has 11 atom stereocenters. The van der Waals surface area contributed by atoms with E-state index in [1.165, 1.54) is 57.8 Å². The van der Waals surface area contributed by atoms with E-state index in [1.54, 1.807) is 0 Å². The molecule has 4 rings (SSSR count). The third-order valence-electron chi connectivity index (χ3n) is 14.6. The van der Waals surface area contributed by atoms with E-state index in [0.717, 1.165) is 93.5 Å². The number of carbonyl (C=O) groups excluding carboxylic acids is 1. The van der Waals surface area contributed by atoms with Crippen molar-refractivity contribution >= 4 is 6.09 Å². The molecule has 0 radical (unpaired) electrons. The highest BCUT2D eigenvalue weighted by atomic mass is 16.6. The van der Waals surface area contributed by atoms with Gasteiger partial charge in [-0.2, -0.15) is 0 Å². The van der Waals surface area contributed by atoms with E-state index in [0.29, 0.717) is 42.9 Å². The molecule has 4 aliphatic rings. The Balaban J connectivity index is 1.27. The highest BCUT2D eigenvalue weighted by molar-refractivity contribution is 5.68. The van der Waals surface area contributed by atoms with Crippen molar-refractivity contribution in [2.45, 2.75) is 156 Å². The van der Waals surface area contributed by atoms with Gasteiger partial charge in [-0.15, -0.1) is 0 Å². The van der Waals surface area contributed by atoms with Crippen molar-refractivity contribution in [1.82, 2.24) is 15.5 Å². The Morgan fingerprint density at radius 3 is 2.28 bits per heavy atom. The van der Waals surface area contributed by atoms with Gasteiger partial charge < -0.3 is 37.1 Å². The zero-order valence-electron chi connectivity index (χ0n) is 32.8. The number of nitrogens with one attached hydrogen (secondary N) is 2. The smallest absolute Gasteiger partial charge is 0.407 e. The molecule has 0 bridgehead atoms. The molecule has 292 valence electrons. The summed E-state index contributed by atoms with van der Waals surface area (Å²) in [7, 11) is 0. The number of rotatable bonds is 21. The SMILES string of the molecule is CC(C)CCCC(C)C1CCC2C3CCC4CC(OC(=O)NC(CO)[C@@H](O)N(CCCN)CCCCNCCCN)CCC4(C)C3CCC12C. The number of carbonyl (C=O) groups is 1. The van der Waals surface area contributed by atoms with Gasteiger partial charge in [0.05, 0.1) is 12.6 Å². The summed E-state index contributed by atoms with van der Waals surface area (Å²) in [6, 6.07) is -0.822. The van der Waals surface area contributed by atoms with E-state index in [9.17, 15) is 15.0 Å². The highest BCUT2D eigenvalue weighted by Crippen LogP contribution is 2.68. The van der Waals surface area contributed by atoms with Gasteiger partial charge >= 0.3 is 6.09 Å². The molecule has 0 aromatic heterocycles. The number of aliphatic hydroxyl groups is 2. The molecule has 4 saturated carbocycles. The number of nitrogens with zero attached hydrogens (tertiary/aromatic N) is 1. The van der Waals surface area contributed by atoms with Crippen LogP contribution in [0.3, 0.4) is 0 Å². The predicted molar refractivity (Wildman–Crippen MR) is 204 cm³/mol. The molecule has 0 saturated heterocycles. The molecule has 0 aromatic rings. The van der Waals surface area contributed by atoms with Crippen LogP contribution in [0.15, 0.2) is 0 Å². The van der Waals surface area contributed by atoms with Crippen molar-refractivity contribution in [3.63, 3.8) is 0 Å². The highest BCUT2D eigenvalue weighted by Gasteiger charge is 2.60. The van der Waals surface area contributed by atoms with Crippen LogP contribution in [0.2, 0.25) is 0 Å². The van der Waals surface area contributed by atoms with Gasteiger partial charge in [0, 0.05) is 13.1 Å². The normalized spacial score (nSPS) is 34.1. The second-order valence-electron chi connectivity index (χ2n) is 18.1. The third kappa shape index (κ3) is 10.4. The first-order valence-corrected chi connectivity index (χ1v) is 21.1. The average Bonchev–Trinajstić information content (AvgIpc) is 3.45. The summed E-state index contributed by atoms with van der Waals surface area (Å²) in [6.45, 7) is 16.5. The first kappa shape index (κ1) is 41.8. The first-order valence-electron chi connectivity index (χ1n) is 21.1. The summed E-state index contributed by atoms with van der Waals surface area (Å²) >= 11 is 0. The van der Waals surface area contributed by atoms with E-state index in [4.69, 9.17) is 16.2 Å². The van der Waals surface area contributed by atoms with E-state index < -0.39 is 18.4 Å². The molecule has 8 N–H and O–H groups in total. The van der Waals surface area contributed by atoms with Crippen LogP contribution in [0, 0.1) is 52.3 Å². The number of alkyl carbamates (subject to hydrolysis) is 1. The van der Waals surface area contributed by atoms with Crippen LogP contribution in [0.1, 0.15) is 137 Å². The molecule has 9 heteroatoms. The number of hydrogen-bond donors (Lipinski definition) is 6. The molecule has 1 amide bonds. The Hall–Kier alpha value is -0.970. The lowest BCUT2D eigenvalue weighted by molar-refractivity contribution is -0.130. The second kappa shape index (κ2) is 19.9. The van der Waals surface area contributed by atoms with Crippen molar-refractivity contribution < 1.29 is 19.7 Å². The number of amides is 1. The summed E-state index contributed by atoms with van der Waals surface area (Å²) in [6.07, 6.45) is 17.2. The standard InChI is InChI=1S/C41H79N5O4/c1-29(2)11-8-12-30(3)34-15-16-35-33-14-13-31-27-32(17-19-40(31,4)36(33)18-20-41(34,35)5)50-39(49)45-37(28-47)38(48)46(26-10-22-43)25-7-6-23-44-24-9-21-42/h29-38,44,47-48H,6-28,42-43H2,1-5H3,(H,45,49)/t30?,31?,32?,33?,34?,35?,36?,37?,38-,40?,41?/m1/s1. The van der Waals surface area contributed by atoms with Gasteiger partial charge in [0.15, 0.2) is 0 Å². The van der Waals surface area contributed by atoms with Crippen LogP contribution in [-0.4, -0.2) is 85.5 Å². The lowest BCUT2D eigenvalue weighted by Crippen LogP contribution is -2.56. The van der Waals surface area contributed by atoms with E-state index in [1.807, 2.05) is 4.90 Å². The summed E-state index contributed by atoms with van der Waals surface area (Å²) in [5.74, 6) is 5.64. The molecule has 9 nitrogen and oxygen atoms in total. The van der Waals surface area contributed by atoms with Crippen LogP contribution < -0.4 is 22.1 Å². The van der Waals surface area contributed by atoms with Gasteiger partial charge in [0.25, 0.3) is 0 Å². The summed E-state index contributed by atoms with van der Waals surface area (Å²) in [5.41, 5.74) is 12.2. The average molecular weight is 706 g/mol. The Morgan fingerprint density at radius 1 is 0.860 bits per heavy atom. The van der Waals surface area contributed by atoms with Crippen molar-refractivity contribution in [2.75, 3.05) is 45.9 Å². The van der Waals surface area contributed by atoms with Crippen molar-refractivity contribution in [1.29, 1.82) is 0 Å². The molecule has 10 unspecified atom stereocenters. The maximum absolute atomic E-state index is 13.2. The number of unbranched alkanes of at least 4 members (excludes halogenated alkanes) is 1. The monoisotopic (exact) mass is 706 g/mol. The number of ether oxygens (including phenoxy) is 1. The summed E-state index contributed by atoms with van der Waals surface area (Å²) < 4.78 is 6.05. The summed E-state index contributed by atoms with van der Waals surface area (Å²) in [4.78, 5) is 15.1. The van der Waals surface area contributed by atoms with E-state index in [-0.39, 0.29) is 12.7 Å². The van der Waals surface area contributed by atoms with Crippen molar-refractivity contribution in [2.24, 2.45) is 63.7 Å². The lowest BCUT2D eigenvalue weighted by Gasteiger charge is -2.61. The Bertz CT molecular complexity index is 1000. The topological polar surface area (TPSA) is 146 Å². The molecule has 50 heavy (non-hydrogen) atoms. The van der Waals surface area contributed by atoms with E-state index >= 15 is 0 Å². The second-order valence-corrected chi connectivity index (χ2v) is 18.1. The quantitative estimate of drug-likeness (QED) is 0.0607. The Labute approximate surface area is 306 Å². The maximum atomic E-state index is 13.2. The molecular formula is C41H79N5O4. The lowest BCUT2D eigenvalue weighted by atomic mass is 9.44. The molecule has 4 aliphatic carbocycles. The summed E-state index contributed by atoms with van der Waals surface area (Å²) in [5, 5.41) is 27.7. The first-order chi connectivity index (χ1) is 24.0. The molecule has 0 aromatic carbocycles. The van der Waals surface area contributed by atoms with Crippen LogP contribution in [-0.2, 0) is 4.74 Å².